The van der Waals surface area contributed by atoms with Crippen LogP contribution >= 0.6 is 0 Å². The average molecular weight is 238 g/mol. The van der Waals surface area contributed by atoms with Crippen molar-refractivity contribution in [1.29, 1.82) is 0 Å². The van der Waals surface area contributed by atoms with Crippen molar-refractivity contribution in [3.8, 4) is 0 Å². The number of methoxy groups -OCH3 is 1. The highest BCUT2D eigenvalue weighted by molar-refractivity contribution is 6.07. The number of ketones is 1. The summed E-state index contributed by atoms with van der Waals surface area (Å²) < 4.78 is 35.3. The molecule has 0 radical (unpaired) electrons. The van der Waals surface area contributed by atoms with Gasteiger partial charge in [-0.05, 0) is 13.3 Å². The van der Waals surface area contributed by atoms with Crippen LogP contribution in [-0.4, -0.2) is 37.5 Å². The molecule has 1 unspecified atom stereocenters. The van der Waals surface area contributed by atoms with Crippen LogP contribution in [0.2, 0.25) is 0 Å². The molecule has 94 valence electrons. The molecule has 4 nitrogen and oxygen atoms in total. The first-order valence-electron chi connectivity index (χ1n) is 5.03. The maximum absolute atomic E-state index is 13.3. The van der Waals surface area contributed by atoms with Crippen molar-refractivity contribution < 1.29 is 27.8 Å². The average Bonchev–Trinajstić information content (AvgIpc) is 2.25. The quantitative estimate of drug-likeness (QED) is 0.499. The van der Waals surface area contributed by atoms with E-state index in [0.717, 1.165) is 7.11 Å². The zero-order valence-corrected chi connectivity index (χ0v) is 9.59. The minimum Gasteiger partial charge on any atom is -0.461 e. The molecule has 0 aliphatic rings. The molecule has 0 aliphatic carbocycles. The molecule has 6 heteroatoms. The Morgan fingerprint density at radius 2 is 1.88 bits per heavy atom. The van der Waals surface area contributed by atoms with Gasteiger partial charge in [0.15, 0.2) is 0 Å². The molecule has 0 N–H and O–H groups in total. The topological polar surface area (TPSA) is 52.6 Å². The van der Waals surface area contributed by atoms with Crippen LogP contribution in [0.25, 0.3) is 0 Å². The van der Waals surface area contributed by atoms with Gasteiger partial charge in [0.1, 0.15) is 6.10 Å². The number of rotatable bonds is 7. The fraction of sp³-hybridized carbons (Fsp3) is 0.800. The van der Waals surface area contributed by atoms with Gasteiger partial charge in [-0.25, -0.2) is 4.79 Å². The van der Waals surface area contributed by atoms with Crippen LogP contribution < -0.4 is 0 Å². The number of Topliss-reactive ketones (excluding diaryl/α,β-unsaturated/α-hetero) is 1. The van der Waals surface area contributed by atoms with E-state index in [-0.39, 0.29) is 13.0 Å². The van der Waals surface area contributed by atoms with Crippen LogP contribution in [0, 0.1) is 0 Å². The zero-order chi connectivity index (χ0) is 12.8. The van der Waals surface area contributed by atoms with Crippen LogP contribution in [0.15, 0.2) is 0 Å². The molecule has 0 aromatic carbocycles. The highest BCUT2D eigenvalue weighted by Gasteiger charge is 2.51. The van der Waals surface area contributed by atoms with E-state index in [1.807, 2.05) is 0 Å². The van der Waals surface area contributed by atoms with Crippen molar-refractivity contribution in [2.75, 3.05) is 13.7 Å². The third-order valence-corrected chi connectivity index (χ3v) is 1.97. The number of ether oxygens (including phenoxy) is 2. The van der Waals surface area contributed by atoms with Crippen LogP contribution in [-0.2, 0) is 19.1 Å². The second-order valence-corrected chi connectivity index (χ2v) is 3.17. The third kappa shape index (κ3) is 3.52. The Labute approximate surface area is 92.9 Å². The summed E-state index contributed by atoms with van der Waals surface area (Å²) >= 11 is 0. The molecule has 0 heterocycles. The Morgan fingerprint density at radius 1 is 1.31 bits per heavy atom. The predicted octanol–water partition coefficient (Wildman–Crippen LogP) is 1.57. The van der Waals surface area contributed by atoms with Gasteiger partial charge in [0.25, 0.3) is 0 Å². The van der Waals surface area contributed by atoms with E-state index in [0.29, 0.717) is 6.42 Å². The number of alkyl halides is 2. The first-order chi connectivity index (χ1) is 7.41. The Balaban J connectivity index is 4.71. The number of esters is 1. The van der Waals surface area contributed by atoms with Gasteiger partial charge in [0.2, 0.25) is 5.78 Å². The molecule has 0 fully saturated rings. The lowest BCUT2D eigenvalue weighted by atomic mass is 10.0. The van der Waals surface area contributed by atoms with Gasteiger partial charge in [-0.3, -0.25) is 4.79 Å². The van der Waals surface area contributed by atoms with Crippen LogP contribution in [0.4, 0.5) is 8.78 Å². The summed E-state index contributed by atoms with van der Waals surface area (Å²) in [5.74, 6) is -7.50. The molecule has 0 rings (SSSR count). The summed E-state index contributed by atoms with van der Waals surface area (Å²) in [5.41, 5.74) is 0. The minimum absolute atomic E-state index is 0.143. The SMILES string of the molecule is CCCC(OC)C(=O)C(F)(F)C(=O)OCC. The van der Waals surface area contributed by atoms with Crippen molar-refractivity contribution in [1.82, 2.24) is 0 Å². The lowest BCUT2D eigenvalue weighted by molar-refractivity contribution is -0.181. The molecule has 0 aromatic rings. The monoisotopic (exact) mass is 238 g/mol. The molecule has 0 spiro atoms. The van der Waals surface area contributed by atoms with Gasteiger partial charge in [-0.15, -0.1) is 0 Å². The summed E-state index contributed by atoms with van der Waals surface area (Å²) in [6.07, 6.45) is -0.627. The van der Waals surface area contributed by atoms with Gasteiger partial charge in [0.05, 0.1) is 6.61 Å². The zero-order valence-electron chi connectivity index (χ0n) is 9.59. The molecule has 16 heavy (non-hydrogen) atoms. The number of halogens is 2. The molecule has 0 aliphatic heterocycles. The minimum atomic E-state index is -4.13. The smallest absolute Gasteiger partial charge is 0.402 e. The van der Waals surface area contributed by atoms with Gasteiger partial charge in [0, 0.05) is 7.11 Å². The lowest BCUT2D eigenvalue weighted by Gasteiger charge is -2.19. The van der Waals surface area contributed by atoms with Gasteiger partial charge in [-0.2, -0.15) is 8.78 Å². The molecule has 0 saturated heterocycles. The fourth-order valence-corrected chi connectivity index (χ4v) is 1.14. The van der Waals surface area contributed by atoms with Crippen molar-refractivity contribution >= 4 is 11.8 Å². The van der Waals surface area contributed by atoms with E-state index in [4.69, 9.17) is 0 Å². The Bertz CT molecular complexity index is 253. The first kappa shape index (κ1) is 15.0. The van der Waals surface area contributed by atoms with Gasteiger partial charge < -0.3 is 9.47 Å². The molecule has 0 saturated carbocycles. The summed E-state index contributed by atoms with van der Waals surface area (Å²) in [5, 5.41) is 0. The number of carbonyl (C=O) groups is 2. The molecule has 0 amide bonds. The van der Waals surface area contributed by atoms with E-state index in [1.54, 1.807) is 6.92 Å². The Morgan fingerprint density at radius 3 is 2.25 bits per heavy atom. The highest BCUT2D eigenvalue weighted by Crippen LogP contribution is 2.21. The van der Waals surface area contributed by atoms with E-state index in [9.17, 15) is 18.4 Å². The third-order valence-electron chi connectivity index (χ3n) is 1.97. The summed E-state index contributed by atoms with van der Waals surface area (Å²) in [4.78, 5) is 22.2. The maximum Gasteiger partial charge on any atom is 0.402 e. The second kappa shape index (κ2) is 6.52. The van der Waals surface area contributed by atoms with Gasteiger partial charge in [-0.1, -0.05) is 13.3 Å². The largest absolute Gasteiger partial charge is 0.461 e. The molecular formula is C10H16F2O4. The summed E-state index contributed by atoms with van der Waals surface area (Å²) in [7, 11) is 1.15. The van der Waals surface area contributed by atoms with E-state index in [1.165, 1.54) is 6.92 Å². The highest BCUT2D eigenvalue weighted by atomic mass is 19.3. The van der Waals surface area contributed by atoms with Crippen LogP contribution in [0.1, 0.15) is 26.7 Å². The van der Waals surface area contributed by atoms with Crippen molar-refractivity contribution in [2.24, 2.45) is 0 Å². The number of carbonyl (C=O) groups excluding carboxylic acids is 2. The van der Waals surface area contributed by atoms with Crippen molar-refractivity contribution in [3.05, 3.63) is 0 Å². The summed E-state index contributed by atoms with van der Waals surface area (Å²) in [6, 6.07) is 0. The molecule has 0 aromatic heterocycles. The predicted molar refractivity (Wildman–Crippen MR) is 52.3 cm³/mol. The Kier molecular flexibility index (Phi) is 6.10. The van der Waals surface area contributed by atoms with E-state index >= 15 is 0 Å². The summed E-state index contributed by atoms with van der Waals surface area (Å²) in [6.45, 7) is 2.91. The number of hydrogen-bond donors (Lipinski definition) is 0. The van der Waals surface area contributed by atoms with Gasteiger partial charge >= 0.3 is 11.9 Å². The Hall–Kier alpha value is -1.04. The van der Waals surface area contributed by atoms with Crippen molar-refractivity contribution in [2.45, 2.75) is 38.7 Å². The van der Waals surface area contributed by atoms with Crippen LogP contribution in [0.5, 0.6) is 0 Å². The number of hydrogen-bond acceptors (Lipinski definition) is 4. The van der Waals surface area contributed by atoms with Crippen LogP contribution in [0.3, 0.4) is 0 Å². The fourth-order valence-electron chi connectivity index (χ4n) is 1.14. The lowest BCUT2D eigenvalue weighted by Crippen LogP contribution is -2.45. The molecular weight excluding hydrogens is 222 g/mol. The maximum atomic E-state index is 13.3. The van der Waals surface area contributed by atoms with E-state index < -0.39 is 23.8 Å². The van der Waals surface area contributed by atoms with Crippen molar-refractivity contribution in [3.63, 3.8) is 0 Å². The van der Waals surface area contributed by atoms with E-state index in [2.05, 4.69) is 9.47 Å². The normalized spacial score (nSPS) is 13.3. The standard InChI is InChI=1S/C10H16F2O4/c1-4-6-7(15-3)8(13)10(11,12)9(14)16-5-2/h7H,4-6H2,1-3H3. The first-order valence-corrected chi connectivity index (χ1v) is 5.03. The molecule has 0 bridgehead atoms. The molecule has 1 atom stereocenters. The second-order valence-electron chi connectivity index (χ2n) is 3.17.